The molecule has 0 radical (unpaired) electrons. The van der Waals surface area contributed by atoms with Gasteiger partial charge in [-0.05, 0) is 54.3 Å². The zero-order valence-electron chi connectivity index (χ0n) is 14.0. The molecule has 2 aromatic rings. The second kappa shape index (κ2) is 8.61. The van der Waals surface area contributed by atoms with Gasteiger partial charge in [-0.2, -0.15) is 0 Å². The van der Waals surface area contributed by atoms with E-state index in [2.05, 4.69) is 15.9 Å². The summed E-state index contributed by atoms with van der Waals surface area (Å²) in [6.07, 6.45) is 0.644. The van der Waals surface area contributed by atoms with Crippen molar-refractivity contribution in [1.82, 2.24) is 4.90 Å². The summed E-state index contributed by atoms with van der Waals surface area (Å²) in [5, 5.41) is 10.5. The summed E-state index contributed by atoms with van der Waals surface area (Å²) in [5.74, 6) is 0.187. The van der Waals surface area contributed by atoms with Crippen molar-refractivity contribution in [1.29, 1.82) is 0 Å². The predicted octanol–water partition coefficient (Wildman–Crippen LogP) is 5.20. The first-order valence-corrected chi connectivity index (χ1v) is 9.89. The van der Waals surface area contributed by atoms with Crippen LogP contribution in [0, 0.1) is 5.92 Å². The van der Waals surface area contributed by atoms with Gasteiger partial charge in [0.2, 0.25) is 0 Å². The molecule has 1 unspecified atom stereocenters. The maximum absolute atomic E-state index is 13.1. The monoisotopic (exact) mass is 456 g/mol. The van der Waals surface area contributed by atoms with Crippen molar-refractivity contribution in [2.45, 2.75) is 13.0 Å². The molecule has 2 amide bonds. The average Bonchev–Trinajstić information content (AvgIpc) is 2.61. The van der Waals surface area contributed by atoms with Crippen molar-refractivity contribution in [3.8, 4) is 0 Å². The van der Waals surface area contributed by atoms with Gasteiger partial charge in [-0.25, -0.2) is 4.79 Å². The van der Waals surface area contributed by atoms with E-state index < -0.39 is 0 Å². The standard InChI is InChI=1S/C19H19BrCl2N2O2/c20-15-2-5-17(6-3-15)24-11-13(7-8-25)10-23(19(24)26)12-14-1-4-16(21)9-18(14)22/h1-6,9,13,25H,7-8,10-12H2. The fourth-order valence-corrected chi connectivity index (χ4v) is 3.88. The zero-order chi connectivity index (χ0) is 18.7. The number of carbonyl (C=O) groups excluding carboxylic acids is 1. The molecule has 0 bridgehead atoms. The molecule has 0 spiro atoms. The summed E-state index contributed by atoms with van der Waals surface area (Å²) in [6.45, 7) is 1.68. The Balaban J connectivity index is 1.85. The van der Waals surface area contributed by atoms with Crippen LogP contribution in [-0.2, 0) is 6.54 Å². The third-order valence-electron chi connectivity index (χ3n) is 4.47. The summed E-state index contributed by atoms with van der Waals surface area (Å²) in [6, 6.07) is 12.9. The lowest BCUT2D eigenvalue weighted by Crippen LogP contribution is -2.53. The minimum absolute atomic E-state index is 0.0625. The van der Waals surface area contributed by atoms with Gasteiger partial charge in [0.1, 0.15) is 0 Å². The van der Waals surface area contributed by atoms with Crippen LogP contribution in [0.4, 0.5) is 10.5 Å². The minimum Gasteiger partial charge on any atom is -0.396 e. The molecule has 0 aliphatic carbocycles. The lowest BCUT2D eigenvalue weighted by Gasteiger charge is -2.40. The Morgan fingerprint density at radius 1 is 1.12 bits per heavy atom. The highest BCUT2D eigenvalue weighted by atomic mass is 79.9. The lowest BCUT2D eigenvalue weighted by molar-refractivity contribution is 0.162. The molecule has 1 atom stereocenters. The van der Waals surface area contributed by atoms with Gasteiger partial charge in [0, 0.05) is 46.4 Å². The normalized spacial score (nSPS) is 17.7. The quantitative estimate of drug-likeness (QED) is 0.670. The van der Waals surface area contributed by atoms with E-state index in [-0.39, 0.29) is 18.6 Å². The molecule has 0 saturated carbocycles. The Morgan fingerprint density at radius 3 is 2.50 bits per heavy atom. The van der Waals surface area contributed by atoms with E-state index >= 15 is 0 Å². The molecular formula is C19H19BrCl2N2O2. The molecule has 1 saturated heterocycles. The molecule has 2 aromatic carbocycles. The largest absolute Gasteiger partial charge is 0.396 e. The van der Waals surface area contributed by atoms with E-state index in [0.29, 0.717) is 36.1 Å². The molecule has 0 aromatic heterocycles. The maximum Gasteiger partial charge on any atom is 0.324 e. The van der Waals surface area contributed by atoms with Crippen LogP contribution in [-0.4, -0.2) is 35.7 Å². The summed E-state index contributed by atoms with van der Waals surface area (Å²) in [4.78, 5) is 16.6. The number of urea groups is 1. The number of benzene rings is 2. The van der Waals surface area contributed by atoms with Crippen molar-refractivity contribution in [3.05, 3.63) is 62.5 Å². The van der Waals surface area contributed by atoms with Crippen LogP contribution in [0.3, 0.4) is 0 Å². The van der Waals surface area contributed by atoms with E-state index in [4.69, 9.17) is 23.2 Å². The molecule has 26 heavy (non-hydrogen) atoms. The Bertz CT molecular complexity index is 786. The summed E-state index contributed by atoms with van der Waals surface area (Å²) in [5.41, 5.74) is 1.69. The molecule has 7 heteroatoms. The Labute approximate surface area is 171 Å². The fraction of sp³-hybridized carbons (Fsp3) is 0.316. The number of nitrogens with zero attached hydrogens (tertiary/aromatic N) is 2. The molecule has 3 rings (SSSR count). The topological polar surface area (TPSA) is 43.8 Å². The second-order valence-corrected chi connectivity index (χ2v) is 8.12. The number of hydrogen-bond acceptors (Lipinski definition) is 2. The highest BCUT2D eigenvalue weighted by Crippen LogP contribution is 2.28. The van der Waals surface area contributed by atoms with Gasteiger partial charge in [0.15, 0.2) is 0 Å². The van der Waals surface area contributed by atoms with Gasteiger partial charge >= 0.3 is 6.03 Å². The molecule has 1 heterocycles. The lowest BCUT2D eigenvalue weighted by atomic mass is 10.0. The smallest absolute Gasteiger partial charge is 0.324 e. The van der Waals surface area contributed by atoms with Crippen LogP contribution in [0.1, 0.15) is 12.0 Å². The number of anilines is 1. The first-order chi connectivity index (χ1) is 12.5. The van der Waals surface area contributed by atoms with Crippen molar-refractivity contribution >= 4 is 50.9 Å². The molecule has 1 fully saturated rings. The van der Waals surface area contributed by atoms with Gasteiger partial charge < -0.3 is 10.0 Å². The van der Waals surface area contributed by atoms with Crippen molar-refractivity contribution in [2.75, 3.05) is 24.6 Å². The maximum atomic E-state index is 13.1. The predicted molar refractivity (Wildman–Crippen MR) is 109 cm³/mol. The molecule has 1 aliphatic heterocycles. The molecule has 138 valence electrons. The van der Waals surface area contributed by atoms with Gasteiger partial charge in [0.25, 0.3) is 0 Å². The molecule has 4 nitrogen and oxygen atoms in total. The minimum atomic E-state index is -0.0625. The van der Waals surface area contributed by atoms with E-state index in [9.17, 15) is 9.90 Å². The summed E-state index contributed by atoms with van der Waals surface area (Å²) in [7, 11) is 0. The van der Waals surface area contributed by atoms with Crippen molar-refractivity contribution in [2.24, 2.45) is 5.92 Å². The Morgan fingerprint density at radius 2 is 1.85 bits per heavy atom. The number of hydrogen-bond donors (Lipinski definition) is 1. The van der Waals surface area contributed by atoms with E-state index in [1.54, 1.807) is 21.9 Å². The van der Waals surface area contributed by atoms with Gasteiger partial charge in [-0.3, -0.25) is 4.90 Å². The number of aliphatic hydroxyl groups is 1. The number of amides is 2. The second-order valence-electron chi connectivity index (χ2n) is 6.36. The van der Waals surface area contributed by atoms with E-state index in [0.717, 1.165) is 15.7 Å². The number of aliphatic hydroxyl groups excluding tert-OH is 1. The van der Waals surface area contributed by atoms with Gasteiger partial charge in [0.05, 0.1) is 0 Å². The zero-order valence-corrected chi connectivity index (χ0v) is 17.1. The third kappa shape index (κ3) is 4.52. The molecular weight excluding hydrogens is 439 g/mol. The summed E-state index contributed by atoms with van der Waals surface area (Å²) < 4.78 is 0.961. The van der Waals surface area contributed by atoms with Crippen LogP contribution < -0.4 is 4.90 Å². The Kier molecular flexibility index (Phi) is 6.46. The molecule has 1 aliphatic rings. The fourth-order valence-electron chi connectivity index (χ4n) is 3.14. The van der Waals surface area contributed by atoms with Crippen molar-refractivity contribution < 1.29 is 9.90 Å². The van der Waals surface area contributed by atoms with Gasteiger partial charge in [-0.15, -0.1) is 0 Å². The Hall–Kier alpha value is -1.27. The third-order valence-corrected chi connectivity index (χ3v) is 5.59. The number of carbonyl (C=O) groups is 1. The number of halogens is 3. The van der Waals surface area contributed by atoms with E-state index in [1.165, 1.54) is 0 Å². The van der Waals surface area contributed by atoms with Gasteiger partial charge in [-0.1, -0.05) is 45.2 Å². The van der Waals surface area contributed by atoms with Crippen LogP contribution in [0.15, 0.2) is 46.9 Å². The van der Waals surface area contributed by atoms with E-state index in [1.807, 2.05) is 30.3 Å². The molecule has 1 N–H and O–H groups in total. The highest BCUT2D eigenvalue weighted by molar-refractivity contribution is 9.10. The highest BCUT2D eigenvalue weighted by Gasteiger charge is 2.32. The SMILES string of the molecule is O=C1N(Cc2ccc(Cl)cc2Cl)CC(CCO)CN1c1ccc(Br)cc1. The first-order valence-electron chi connectivity index (χ1n) is 8.34. The van der Waals surface area contributed by atoms with Crippen LogP contribution in [0.5, 0.6) is 0 Å². The van der Waals surface area contributed by atoms with Crippen molar-refractivity contribution in [3.63, 3.8) is 0 Å². The number of rotatable bonds is 5. The average molecular weight is 458 g/mol. The van der Waals surface area contributed by atoms with Crippen LogP contribution in [0.2, 0.25) is 10.0 Å². The van der Waals surface area contributed by atoms with Crippen LogP contribution >= 0.6 is 39.1 Å². The van der Waals surface area contributed by atoms with Crippen LogP contribution in [0.25, 0.3) is 0 Å². The summed E-state index contributed by atoms with van der Waals surface area (Å²) >= 11 is 15.7. The first kappa shape index (κ1) is 19.5.